The van der Waals surface area contributed by atoms with Crippen molar-refractivity contribution in [2.75, 3.05) is 6.54 Å². The van der Waals surface area contributed by atoms with E-state index in [-0.39, 0.29) is 17.5 Å². The highest BCUT2D eigenvalue weighted by Crippen LogP contribution is 2.09. The molecule has 146 valence electrons. The van der Waals surface area contributed by atoms with Crippen LogP contribution in [0.15, 0.2) is 47.2 Å². The van der Waals surface area contributed by atoms with Crippen LogP contribution >= 0.6 is 0 Å². The largest absolute Gasteiger partial charge is 0.352 e. The Labute approximate surface area is 162 Å². The molecule has 0 spiro atoms. The average Bonchev–Trinajstić information content (AvgIpc) is 2.66. The Morgan fingerprint density at radius 1 is 1.04 bits per heavy atom. The van der Waals surface area contributed by atoms with Crippen LogP contribution in [0.25, 0.3) is 0 Å². The van der Waals surface area contributed by atoms with Gasteiger partial charge in [0.2, 0.25) is 5.91 Å². The van der Waals surface area contributed by atoms with Crippen LogP contribution in [0.5, 0.6) is 0 Å². The van der Waals surface area contributed by atoms with Crippen LogP contribution in [0, 0.1) is 16.7 Å². The van der Waals surface area contributed by atoms with Gasteiger partial charge in [0.1, 0.15) is 0 Å². The fourth-order valence-corrected chi connectivity index (χ4v) is 2.34. The molecule has 0 heterocycles. The minimum absolute atomic E-state index is 0.121. The van der Waals surface area contributed by atoms with Gasteiger partial charge in [-0.15, -0.1) is 0 Å². The number of amides is 2. The van der Waals surface area contributed by atoms with E-state index in [1.54, 1.807) is 51.2 Å². The Balaban J connectivity index is 4.17. The summed E-state index contributed by atoms with van der Waals surface area (Å²) in [4.78, 5) is 24.0. The van der Waals surface area contributed by atoms with Gasteiger partial charge in [0, 0.05) is 13.0 Å². The van der Waals surface area contributed by atoms with E-state index in [2.05, 4.69) is 10.6 Å². The summed E-state index contributed by atoms with van der Waals surface area (Å²) in [5.41, 5.74) is 1.51. The molecule has 6 nitrogen and oxygen atoms in total. The van der Waals surface area contributed by atoms with Crippen molar-refractivity contribution in [1.82, 2.24) is 10.6 Å². The van der Waals surface area contributed by atoms with Crippen molar-refractivity contribution in [1.29, 1.82) is 10.7 Å². The Morgan fingerprint density at radius 2 is 1.74 bits per heavy atom. The van der Waals surface area contributed by atoms with Gasteiger partial charge in [0.25, 0.3) is 5.91 Å². The van der Waals surface area contributed by atoms with Crippen LogP contribution in [-0.2, 0) is 9.59 Å². The number of carbonyl (C=O) groups is 2. The highest BCUT2D eigenvalue weighted by Gasteiger charge is 2.12. The molecule has 0 aliphatic rings. The number of hydrogen-bond donors (Lipinski definition) is 3. The predicted octanol–water partition coefficient (Wildman–Crippen LogP) is 3.70. The topological polar surface area (TPSA) is 106 Å². The molecule has 0 atom stereocenters. The van der Waals surface area contributed by atoms with E-state index in [1.165, 1.54) is 0 Å². The zero-order valence-corrected chi connectivity index (χ0v) is 16.7. The molecule has 0 fully saturated rings. The summed E-state index contributed by atoms with van der Waals surface area (Å²) in [6.45, 7) is 7.54. The Hall–Kier alpha value is -2.94. The van der Waals surface area contributed by atoms with Gasteiger partial charge in [-0.25, -0.2) is 0 Å². The molecule has 0 aromatic heterocycles. The summed E-state index contributed by atoms with van der Waals surface area (Å²) in [6, 6.07) is 2.01. The molecule has 0 rings (SSSR count). The third kappa shape index (κ3) is 9.36. The number of rotatable bonds is 11. The second-order valence-electron chi connectivity index (χ2n) is 5.75. The molecule has 0 bridgehead atoms. The maximum atomic E-state index is 12.1. The van der Waals surface area contributed by atoms with E-state index >= 15 is 0 Å². The van der Waals surface area contributed by atoms with Gasteiger partial charge in [-0.2, -0.15) is 5.26 Å². The third-order valence-electron chi connectivity index (χ3n) is 3.79. The summed E-state index contributed by atoms with van der Waals surface area (Å²) in [7, 11) is 0. The van der Waals surface area contributed by atoms with Gasteiger partial charge in [-0.1, -0.05) is 30.7 Å². The minimum atomic E-state index is -0.259. The lowest BCUT2D eigenvalue weighted by molar-refractivity contribution is -0.120. The number of allylic oxidation sites excluding steroid dienone is 5. The summed E-state index contributed by atoms with van der Waals surface area (Å²) in [6.07, 6.45) is 10.9. The molecular formula is C21H30N4O2. The van der Waals surface area contributed by atoms with Gasteiger partial charge >= 0.3 is 0 Å². The average molecular weight is 370 g/mol. The summed E-state index contributed by atoms with van der Waals surface area (Å²) < 4.78 is 0. The van der Waals surface area contributed by atoms with Gasteiger partial charge < -0.3 is 10.6 Å². The van der Waals surface area contributed by atoms with Crippen molar-refractivity contribution in [2.45, 2.75) is 53.4 Å². The molecule has 0 unspecified atom stereocenters. The number of nitrogens with zero attached hydrogens (tertiary/aromatic N) is 1. The van der Waals surface area contributed by atoms with Crippen LogP contribution in [0.2, 0.25) is 0 Å². The molecule has 0 saturated carbocycles. The van der Waals surface area contributed by atoms with E-state index in [0.717, 1.165) is 12.8 Å². The van der Waals surface area contributed by atoms with E-state index in [1.807, 2.05) is 13.0 Å². The van der Waals surface area contributed by atoms with Gasteiger partial charge in [-0.05, 0) is 46.6 Å². The van der Waals surface area contributed by atoms with Crippen LogP contribution in [0.1, 0.15) is 53.4 Å². The monoisotopic (exact) mass is 370 g/mol. The first kappa shape index (κ1) is 24.1. The first-order valence-corrected chi connectivity index (χ1v) is 9.14. The molecule has 3 N–H and O–H groups in total. The highest BCUT2D eigenvalue weighted by molar-refractivity contribution is 6.07. The summed E-state index contributed by atoms with van der Waals surface area (Å²) >= 11 is 0. The molecule has 6 heteroatoms. The fourth-order valence-electron chi connectivity index (χ4n) is 2.34. The molecule has 0 aromatic rings. The fraction of sp³-hybridized carbons (Fsp3) is 0.429. The lowest BCUT2D eigenvalue weighted by Gasteiger charge is -2.09. The standard InChI is InChI=1S/C21H30N4O2/c1-5-12-18(23)19(8-4)25-20(26)13-10-9-11-14-24-21(27)17(7-3)16(6-2)15-22/h5-8,12,23H,9-11,13-14H2,1-4H3,(H,24,27)(H,25,26)/b12-5-,16-6?,17-7?,19-8+,23-18?. The molecular weight excluding hydrogens is 340 g/mol. The second-order valence-corrected chi connectivity index (χ2v) is 5.75. The molecule has 0 aliphatic carbocycles. The number of nitriles is 1. The maximum absolute atomic E-state index is 12.1. The number of carbonyl (C=O) groups excluding carboxylic acids is 2. The normalized spacial score (nSPS) is 12.6. The molecule has 27 heavy (non-hydrogen) atoms. The van der Waals surface area contributed by atoms with Crippen molar-refractivity contribution < 1.29 is 9.59 Å². The Morgan fingerprint density at radius 3 is 2.26 bits per heavy atom. The second kappa shape index (κ2) is 14.3. The predicted molar refractivity (Wildman–Crippen MR) is 109 cm³/mol. The van der Waals surface area contributed by atoms with Crippen molar-refractivity contribution >= 4 is 17.5 Å². The van der Waals surface area contributed by atoms with Crippen LogP contribution in [0.3, 0.4) is 0 Å². The smallest absolute Gasteiger partial charge is 0.252 e. The van der Waals surface area contributed by atoms with Gasteiger partial charge in [0.15, 0.2) is 0 Å². The molecule has 0 aromatic carbocycles. The first-order valence-electron chi connectivity index (χ1n) is 9.14. The zero-order valence-electron chi connectivity index (χ0n) is 16.7. The number of hydrogen-bond acceptors (Lipinski definition) is 4. The highest BCUT2D eigenvalue weighted by atomic mass is 16.2. The van der Waals surface area contributed by atoms with Gasteiger partial charge in [0.05, 0.1) is 28.6 Å². The quantitative estimate of drug-likeness (QED) is 0.170. The summed E-state index contributed by atoms with van der Waals surface area (Å²) in [5.74, 6) is -0.380. The van der Waals surface area contributed by atoms with Crippen LogP contribution < -0.4 is 10.6 Å². The SMILES string of the molecule is CC=C(C#N)C(=CC)C(=O)NCCCCCC(=O)N/C(=C/C)C(=N)/C=C\C. The molecule has 0 aliphatic heterocycles. The van der Waals surface area contributed by atoms with E-state index in [0.29, 0.717) is 36.2 Å². The van der Waals surface area contributed by atoms with Crippen molar-refractivity contribution in [3.05, 3.63) is 47.2 Å². The number of nitrogens with one attached hydrogen (secondary N) is 3. The van der Waals surface area contributed by atoms with E-state index < -0.39 is 0 Å². The Bertz CT molecular complexity index is 691. The van der Waals surface area contributed by atoms with Gasteiger partial charge in [-0.3, -0.25) is 15.0 Å². The first-order chi connectivity index (χ1) is 12.9. The molecule has 2 amide bonds. The minimum Gasteiger partial charge on any atom is -0.352 e. The lowest BCUT2D eigenvalue weighted by Crippen LogP contribution is -2.27. The lowest BCUT2D eigenvalue weighted by atomic mass is 10.1. The zero-order chi connectivity index (χ0) is 20.7. The molecule has 0 radical (unpaired) electrons. The Kier molecular flexibility index (Phi) is 12.7. The third-order valence-corrected chi connectivity index (χ3v) is 3.79. The maximum Gasteiger partial charge on any atom is 0.252 e. The van der Waals surface area contributed by atoms with Crippen LogP contribution in [-0.4, -0.2) is 24.1 Å². The molecule has 0 saturated heterocycles. The van der Waals surface area contributed by atoms with E-state index in [9.17, 15) is 9.59 Å². The van der Waals surface area contributed by atoms with Crippen molar-refractivity contribution in [3.63, 3.8) is 0 Å². The van der Waals surface area contributed by atoms with Crippen molar-refractivity contribution in [2.24, 2.45) is 0 Å². The van der Waals surface area contributed by atoms with Crippen molar-refractivity contribution in [3.8, 4) is 6.07 Å². The van der Waals surface area contributed by atoms with E-state index in [4.69, 9.17) is 10.7 Å². The number of unbranched alkanes of at least 4 members (excludes halogenated alkanes) is 2. The summed E-state index contributed by atoms with van der Waals surface area (Å²) in [5, 5.41) is 22.4. The van der Waals surface area contributed by atoms with Crippen LogP contribution in [0.4, 0.5) is 0 Å².